The molecule has 0 heterocycles. The van der Waals surface area contributed by atoms with Gasteiger partial charge in [-0.25, -0.2) is 0 Å². The molecular formula is C23H29NO2. The van der Waals surface area contributed by atoms with Gasteiger partial charge in [0.1, 0.15) is 0 Å². The zero-order valence-corrected chi connectivity index (χ0v) is 16.5. The highest BCUT2D eigenvalue weighted by atomic mass is 16.1. The van der Waals surface area contributed by atoms with Crippen molar-refractivity contribution in [2.24, 2.45) is 0 Å². The molecule has 0 unspecified atom stereocenters. The van der Waals surface area contributed by atoms with Crippen LogP contribution in [0.2, 0.25) is 0 Å². The van der Waals surface area contributed by atoms with Gasteiger partial charge in [-0.05, 0) is 62.9 Å². The summed E-state index contributed by atoms with van der Waals surface area (Å²) in [7, 11) is 0. The fourth-order valence-corrected chi connectivity index (χ4v) is 3.35. The van der Waals surface area contributed by atoms with E-state index in [1.165, 1.54) is 5.56 Å². The van der Waals surface area contributed by atoms with E-state index in [1.807, 2.05) is 27.7 Å². The molecule has 0 bridgehead atoms. The Labute approximate surface area is 156 Å². The summed E-state index contributed by atoms with van der Waals surface area (Å²) in [6, 6.07) is 9.46. The number of aryl methyl sites for hydroxylation is 4. The van der Waals surface area contributed by atoms with Crippen molar-refractivity contribution in [3.63, 3.8) is 0 Å². The van der Waals surface area contributed by atoms with Crippen LogP contribution in [-0.4, -0.2) is 11.7 Å². The molecule has 1 amide bonds. The Kier molecular flexibility index (Phi) is 6.73. The normalized spacial score (nSPS) is 10.7. The zero-order valence-electron chi connectivity index (χ0n) is 16.5. The van der Waals surface area contributed by atoms with Crippen LogP contribution in [0.1, 0.15) is 75.6 Å². The highest BCUT2D eigenvalue weighted by Gasteiger charge is 2.14. The van der Waals surface area contributed by atoms with E-state index in [2.05, 4.69) is 24.4 Å². The summed E-state index contributed by atoms with van der Waals surface area (Å²) in [5, 5.41) is 3.02. The van der Waals surface area contributed by atoms with Crippen molar-refractivity contribution in [1.82, 2.24) is 0 Å². The van der Waals surface area contributed by atoms with E-state index in [4.69, 9.17) is 0 Å². The summed E-state index contributed by atoms with van der Waals surface area (Å²) < 4.78 is 0. The van der Waals surface area contributed by atoms with Gasteiger partial charge in [0, 0.05) is 23.2 Å². The van der Waals surface area contributed by atoms with Crippen molar-refractivity contribution in [3.05, 3.63) is 63.7 Å². The third-order valence-corrected chi connectivity index (χ3v) is 4.71. The van der Waals surface area contributed by atoms with Crippen LogP contribution in [0.25, 0.3) is 0 Å². The van der Waals surface area contributed by atoms with E-state index in [0.29, 0.717) is 12.0 Å². The van der Waals surface area contributed by atoms with Crippen molar-refractivity contribution in [1.29, 1.82) is 0 Å². The average molecular weight is 351 g/mol. The molecule has 2 rings (SSSR count). The van der Waals surface area contributed by atoms with Crippen LogP contribution in [0.15, 0.2) is 30.3 Å². The van der Waals surface area contributed by atoms with Gasteiger partial charge < -0.3 is 5.32 Å². The molecule has 3 nitrogen and oxygen atoms in total. The molecule has 3 heteroatoms. The number of carbonyl (C=O) groups excluding carboxylic acids is 2. The van der Waals surface area contributed by atoms with Gasteiger partial charge >= 0.3 is 0 Å². The highest BCUT2D eigenvalue weighted by molar-refractivity contribution is 6.06. The number of anilines is 1. The monoisotopic (exact) mass is 351 g/mol. The Bertz CT molecular complexity index is 798. The van der Waals surface area contributed by atoms with Crippen molar-refractivity contribution >= 4 is 17.4 Å². The van der Waals surface area contributed by atoms with Crippen LogP contribution in [0.3, 0.4) is 0 Å². The molecule has 0 aliphatic rings. The van der Waals surface area contributed by atoms with Gasteiger partial charge in [-0.2, -0.15) is 0 Å². The van der Waals surface area contributed by atoms with Gasteiger partial charge in [-0.15, -0.1) is 0 Å². The minimum atomic E-state index is -0.145. The first-order chi connectivity index (χ1) is 12.3. The van der Waals surface area contributed by atoms with Crippen molar-refractivity contribution < 1.29 is 9.59 Å². The van der Waals surface area contributed by atoms with Crippen LogP contribution in [0, 0.1) is 27.7 Å². The number of benzene rings is 2. The summed E-state index contributed by atoms with van der Waals surface area (Å²) >= 11 is 0. The van der Waals surface area contributed by atoms with Gasteiger partial charge in [0.15, 0.2) is 5.78 Å². The second-order valence-corrected chi connectivity index (χ2v) is 7.14. The number of unbranched alkanes of at least 4 members (excludes halogenated alkanes) is 2. The second kappa shape index (κ2) is 8.79. The van der Waals surface area contributed by atoms with Gasteiger partial charge in [0.25, 0.3) is 5.91 Å². The zero-order chi connectivity index (χ0) is 19.3. The lowest BCUT2D eigenvalue weighted by molar-refractivity contribution is 0.0975. The number of nitrogens with one attached hydrogen (secondary N) is 1. The molecule has 0 aliphatic carbocycles. The van der Waals surface area contributed by atoms with Crippen LogP contribution in [0.5, 0.6) is 0 Å². The number of amides is 1. The quantitative estimate of drug-likeness (QED) is 0.496. The van der Waals surface area contributed by atoms with Crippen LogP contribution in [-0.2, 0) is 0 Å². The topological polar surface area (TPSA) is 46.2 Å². The maximum Gasteiger partial charge on any atom is 0.255 e. The molecule has 0 saturated heterocycles. The molecule has 26 heavy (non-hydrogen) atoms. The van der Waals surface area contributed by atoms with Gasteiger partial charge in [0.05, 0.1) is 0 Å². The Morgan fingerprint density at radius 1 is 0.885 bits per heavy atom. The summed E-state index contributed by atoms with van der Waals surface area (Å²) in [4.78, 5) is 25.0. The van der Waals surface area contributed by atoms with E-state index >= 15 is 0 Å². The van der Waals surface area contributed by atoms with Gasteiger partial charge in [0.2, 0.25) is 0 Å². The number of hydrogen-bond acceptors (Lipinski definition) is 2. The minimum absolute atomic E-state index is 0.145. The van der Waals surface area contributed by atoms with E-state index < -0.39 is 0 Å². The summed E-state index contributed by atoms with van der Waals surface area (Å²) in [6.07, 6.45) is 3.66. The molecule has 2 aromatic carbocycles. The van der Waals surface area contributed by atoms with Gasteiger partial charge in [-0.1, -0.05) is 43.5 Å². The Hall–Kier alpha value is -2.42. The number of hydrogen-bond donors (Lipinski definition) is 1. The summed E-state index contributed by atoms with van der Waals surface area (Å²) in [5.74, 6) is 0.0151. The third-order valence-electron chi connectivity index (χ3n) is 4.71. The number of rotatable bonds is 7. The van der Waals surface area contributed by atoms with Crippen molar-refractivity contribution in [2.75, 3.05) is 5.32 Å². The fourth-order valence-electron chi connectivity index (χ4n) is 3.35. The van der Waals surface area contributed by atoms with E-state index in [1.54, 1.807) is 18.2 Å². The number of carbonyl (C=O) groups is 2. The fraction of sp³-hybridized carbons (Fsp3) is 0.391. The van der Waals surface area contributed by atoms with Gasteiger partial charge in [-0.3, -0.25) is 9.59 Å². The lowest BCUT2D eigenvalue weighted by Crippen LogP contribution is -2.15. The van der Waals surface area contributed by atoms with Crippen LogP contribution >= 0.6 is 0 Å². The van der Waals surface area contributed by atoms with E-state index in [-0.39, 0.29) is 11.7 Å². The molecule has 0 saturated carbocycles. The summed E-state index contributed by atoms with van der Waals surface area (Å²) in [5.41, 5.74) is 6.30. The van der Waals surface area contributed by atoms with E-state index in [9.17, 15) is 9.59 Å². The largest absolute Gasteiger partial charge is 0.322 e. The first-order valence-electron chi connectivity index (χ1n) is 9.36. The maximum atomic E-state index is 12.7. The first-order valence-corrected chi connectivity index (χ1v) is 9.36. The predicted octanol–water partition coefficient (Wildman–Crippen LogP) is 5.94. The second-order valence-electron chi connectivity index (χ2n) is 7.14. The SMILES string of the molecule is CCCCCC(=O)c1ccc(C(=O)Nc2c(C)cc(C)cc2C)cc1C. The standard InChI is InChI=1S/C23H29NO2/c1-6-7-8-9-21(25)20-11-10-19(14-16(20)3)23(26)24-22-17(4)12-15(2)13-18(22)5/h10-14H,6-9H2,1-5H3,(H,24,26). The average Bonchev–Trinajstić information content (AvgIpc) is 2.57. The Balaban J connectivity index is 2.16. The molecule has 0 radical (unpaired) electrons. The molecule has 1 N–H and O–H groups in total. The first kappa shape index (κ1) is 19.9. The predicted molar refractivity (Wildman–Crippen MR) is 108 cm³/mol. The Morgan fingerprint density at radius 3 is 2.12 bits per heavy atom. The lowest BCUT2D eigenvalue weighted by Gasteiger charge is -2.14. The Morgan fingerprint density at radius 2 is 1.54 bits per heavy atom. The van der Waals surface area contributed by atoms with Crippen LogP contribution in [0.4, 0.5) is 5.69 Å². The smallest absolute Gasteiger partial charge is 0.255 e. The molecular weight excluding hydrogens is 322 g/mol. The molecule has 0 aromatic heterocycles. The van der Waals surface area contributed by atoms with Crippen molar-refractivity contribution in [3.8, 4) is 0 Å². The minimum Gasteiger partial charge on any atom is -0.322 e. The number of Topliss-reactive ketones (excluding diaryl/α,β-unsaturated/α-hetero) is 1. The molecule has 138 valence electrons. The van der Waals surface area contributed by atoms with Crippen LogP contribution < -0.4 is 5.32 Å². The van der Waals surface area contributed by atoms with E-state index in [0.717, 1.165) is 47.2 Å². The molecule has 0 spiro atoms. The molecule has 0 atom stereocenters. The third kappa shape index (κ3) is 4.81. The van der Waals surface area contributed by atoms with Crippen molar-refractivity contribution in [2.45, 2.75) is 60.3 Å². The maximum absolute atomic E-state index is 12.7. The highest BCUT2D eigenvalue weighted by Crippen LogP contribution is 2.23. The molecule has 0 fully saturated rings. The molecule has 0 aliphatic heterocycles. The molecule has 2 aromatic rings. The number of ketones is 1. The summed E-state index contributed by atoms with van der Waals surface area (Å²) in [6.45, 7) is 10.1. The lowest BCUT2D eigenvalue weighted by atomic mass is 9.98.